The molecule has 6 heteroatoms. The van der Waals surface area contributed by atoms with Crippen LogP contribution in [-0.2, 0) is 11.2 Å². The van der Waals surface area contributed by atoms with E-state index in [1.807, 2.05) is 18.4 Å². The van der Waals surface area contributed by atoms with Gasteiger partial charge in [0.15, 0.2) is 0 Å². The van der Waals surface area contributed by atoms with Crippen molar-refractivity contribution in [1.29, 1.82) is 0 Å². The third kappa shape index (κ3) is 4.87. The maximum atomic E-state index is 13.2. The summed E-state index contributed by atoms with van der Waals surface area (Å²) in [5, 5.41) is 4.56. The molecule has 154 valence electrons. The van der Waals surface area contributed by atoms with Crippen molar-refractivity contribution in [3.63, 3.8) is 0 Å². The van der Waals surface area contributed by atoms with Crippen LogP contribution < -0.4 is 5.32 Å². The van der Waals surface area contributed by atoms with E-state index in [1.54, 1.807) is 0 Å². The number of para-hydroxylation sites is 1. The summed E-state index contributed by atoms with van der Waals surface area (Å²) < 4.78 is 1.26. The van der Waals surface area contributed by atoms with Crippen molar-refractivity contribution in [3.05, 3.63) is 29.3 Å². The van der Waals surface area contributed by atoms with Gasteiger partial charge >= 0.3 is 0 Å². The highest BCUT2D eigenvalue weighted by molar-refractivity contribution is 7.18. The number of fused-ring (bicyclic) bond motifs is 1. The number of rotatable bonds is 5. The summed E-state index contributed by atoms with van der Waals surface area (Å²) in [6, 6.07) is 8.84. The molecule has 28 heavy (non-hydrogen) atoms. The zero-order valence-electron chi connectivity index (χ0n) is 16.8. The van der Waals surface area contributed by atoms with Crippen molar-refractivity contribution in [1.82, 2.24) is 15.2 Å². The fraction of sp³-hybridized carbons (Fsp3) is 0.636. The summed E-state index contributed by atoms with van der Waals surface area (Å²) in [7, 11) is 2.01. The number of aromatic nitrogens is 1. The first-order chi connectivity index (χ1) is 13.2. The van der Waals surface area contributed by atoms with Gasteiger partial charge in [-0.2, -0.15) is 0 Å². The fourth-order valence-electron chi connectivity index (χ4n) is 4.91. The van der Waals surface area contributed by atoms with Crippen molar-refractivity contribution in [2.75, 3.05) is 20.1 Å². The minimum Gasteiger partial charge on any atom is -0.341 e. The van der Waals surface area contributed by atoms with E-state index in [0.29, 0.717) is 18.4 Å². The van der Waals surface area contributed by atoms with E-state index in [4.69, 9.17) is 4.98 Å². The topological polar surface area (TPSA) is 45.2 Å². The van der Waals surface area contributed by atoms with E-state index in [9.17, 15) is 4.79 Å². The van der Waals surface area contributed by atoms with Crippen molar-refractivity contribution >= 4 is 39.9 Å². The number of benzene rings is 1. The lowest BCUT2D eigenvalue weighted by atomic mass is 9.69. The summed E-state index contributed by atoms with van der Waals surface area (Å²) in [5.74, 6) is 0.359. The van der Waals surface area contributed by atoms with Gasteiger partial charge in [-0.05, 0) is 50.3 Å². The predicted octanol–water partition coefficient (Wildman–Crippen LogP) is 4.81. The molecule has 2 aromatic rings. The Bertz CT molecular complexity index is 754. The van der Waals surface area contributed by atoms with Crippen molar-refractivity contribution in [3.8, 4) is 0 Å². The molecule has 1 aromatic carbocycles. The second-order valence-electron chi connectivity index (χ2n) is 8.46. The van der Waals surface area contributed by atoms with E-state index in [1.165, 1.54) is 35.4 Å². The second kappa shape index (κ2) is 9.55. The Hall–Kier alpha value is -1.17. The molecule has 0 bridgehead atoms. The molecule has 1 saturated carbocycles. The number of likely N-dealkylation sites (tertiary alicyclic amines) is 1. The lowest BCUT2D eigenvalue weighted by molar-refractivity contribution is -0.135. The van der Waals surface area contributed by atoms with Crippen LogP contribution >= 0.6 is 23.7 Å². The average Bonchev–Trinajstić information content (AvgIpc) is 3.10. The normalized spacial score (nSPS) is 22.0. The van der Waals surface area contributed by atoms with Crippen LogP contribution in [0.4, 0.5) is 0 Å². The Morgan fingerprint density at radius 1 is 1.25 bits per heavy atom. The molecule has 0 spiro atoms. The maximum Gasteiger partial charge on any atom is 0.223 e. The van der Waals surface area contributed by atoms with Crippen molar-refractivity contribution < 1.29 is 4.79 Å². The van der Waals surface area contributed by atoms with E-state index in [2.05, 4.69) is 34.5 Å². The molecule has 4 rings (SSSR count). The van der Waals surface area contributed by atoms with Gasteiger partial charge in [0, 0.05) is 32.0 Å². The number of amides is 1. The molecule has 1 unspecified atom stereocenters. The summed E-state index contributed by atoms with van der Waals surface area (Å²) >= 11 is 1.81. The van der Waals surface area contributed by atoms with Gasteiger partial charge in [-0.25, -0.2) is 4.98 Å². The summed E-state index contributed by atoms with van der Waals surface area (Å²) in [6.07, 6.45) is 10.1. The molecule has 0 radical (unpaired) electrons. The van der Waals surface area contributed by atoms with Crippen LogP contribution in [0.3, 0.4) is 0 Å². The molecule has 1 amide bonds. The zero-order chi connectivity index (χ0) is 18.7. The third-order valence-electron chi connectivity index (χ3n) is 6.49. The van der Waals surface area contributed by atoms with Gasteiger partial charge in [0.05, 0.1) is 15.2 Å². The van der Waals surface area contributed by atoms with E-state index < -0.39 is 0 Å². The number of hydrogen-bond acceptors (Lipinski definition) is 4. The van der Waals surface area contributed by atoms with Crippen LogP contribution in [0.1, 0.15) is 56.4 Å². The smallest absolute Gasteiger partial charge is 0.223 e. The number of carbonyl (C=O) groups excluding carboxylic acids is 1. The molecule has 4 nitrogen and oxygen atoms in total. The predicted molar refractivity (Wildman–Crippen MR) is 119 cm³/mol. The molecule has 1 aromatic heterocycles. The van der Waals surface area contributed by atoms with Crippen LogP contribution in [0.5, 0.6) is 0 Å². The molecule has 1 aliphatic heterocycles. The van der Waals surface area contributed by atoms with Crippen LogP contribution in [0.15, 0.2) is 24.3 Å². The number of carbonyl (C=O) groups is 1. The molecule has 2 heterocycles. The van der Waals surface area contributed by atoms with E-state index >= 15 is 0 Å². The zero-order valence-corrected chi connectivity index (χ0v) is 18.4. The number of nitrogens with one attached hydrogen (secondary N) is 1. The van der Waals surface area contributed by atoms with Crippen LogP contribution in [0.25, 0.3) is 10.2 Å². The first-order valence-corrected chi connectivity index (χ1v) is 11.3. The second-order valence-corrected chi connectivity index (χ2v) is 9.57. The summed E-state index contributed by atoms with van der Waals surface area (Å²) in [5.41, 5.74) is 1.21. The minimum absolute atomic E-state index is 0. The lowest BCUT2D eigenvalue weighted by Gasteiger charge is -2.39. The van der Waals surface area contributed by atoms with Gasteiger partial charge < -0.3 is 10.2 Å². The molecule has 2 fully saturated rings. The number of halogens is 1. The lowest BCUT2D eigenvalue weighted by Crippen LogP contribution is -2.48. The first kappa shape index (κ1) is 21.5. The summed E-state index contributed by atoms with van der Waals surface area (Å²) in [6.45, 7) is 1.79. The number of likely N-dealkylation sites (N-methyl/N-ethyl adjacent to an activating group) is 1. The van der Waals surface area contributed by atoms with Crippen LogP contribution in [0.2, 0.25) is 0 Å². The highest BCUT2D eigenvalue weighted by Gasteiger charge is 2.37. The molecule has 1 N–H and O–H groups in total. The first-order valence-electron chi connectivity index (χ1n) is 10.5. The molecular weight excluding hydrogens is 390 g/mol. The van der Waals surface area contributed by atoms with Crippen LogP contribution in [0, 0.1) is 5.41 Å². The Kier molecular flexibility index (Phi) is 7.35. The standard InChI is InChI=1S/C22H31N3OS.ClH/c1-23-17-8-7-13-25(16-17)21(26)15-22(11-5-2-6-12-22)14-20-24-18-9-3-4-10-19(18)27-20;/h3-4,9-10,17,23H,2,5-8,11-16H2,1H3;1H. The summed E-state index contributed by atoms with van der Waals surface area (Å²) in [4.78, 5) is 20.2. The number of piperidine rings is 1. The Morgan fingerprint density at radius 3 is 2.79 bits per heavy atom. The van der Waals surface area contributed by atoms with Crippen molar-refractivity contribution in [2.45, 2.75) is 63.8 Å². The van der Waals surface area contributed by atoms with Gasteiger partial charge in [0.1, 0.15) is 0 Å². The molecular formula is C22H32ClN3OS. The van der Waals surface area contributed by atoms with Gasteiger partial charge in [-0.3, -0.25) is 4.79 Å². The van der Waals surface area contributed by atoms with Crippen molar-refractivity contribution in [2.24, 2.45) is 5.41 Å². The van der Waals surface area contributed by atoms with Gasteiger partial charge in [0.25, 0.3) is 0 Å². The Labute approximate surface area is 178 Å². The molecule has 2 aliphatic rings. The highest BCUT2D eigenvalue weighted by atomic mass is 35.5. The van der Waals surface area contributed by atoms with Gasteiger partial charge in [-0.15, -0.1) is 23.7 Å². The maximum absolute atomic E-state index is 13.2. The quantitative estimate of drug-likeness (QED) is 0.753. The number of hydrogen-bond donors (Lipinski definition) is 1. The van der Waals surface area contributed by atoms with E-state index in [-0.39, 0.29) is 17.8 Å². The Morgan fingerprint density at radius 2 is 2.04 bits per heavy atom. The molecule has 1 aliphatic carbocycles. The number of thiazole rings is 1. The SMILES string of the molecule is CNC1CCCN(C(=O)CC2(Cc3nc4ccccc4s3)CCCCC2)C1.Cl. The largest absolute Gasteiger partial charge is 0.341 e. The fourth-order valence-corrected chi connectivity index (χ4v) is 6.05. The van der Waals surface area contributed by atoms with Gasteiger partial charge in [0.2, 0.25) is 5.91 Å². The number of nitrogens with zero attached hydrogens (tertiary/aromatic N) is 2. The average molecular weight is 422 g/mol. The monoisotopic (exact) mass is 421 g/mol. The molecule has 1 atom stereocenters. The highest BCUT2D eigenvalue weighted by Crippen LogP contribution is 2.43. The molecule has 1 saturated heterocycles. The van der Waals surface area contributed by atoms with Crippen LogP contribution in [-0.4, -0.2) is 42.0 Å². The third-order valence-corrected chi connectivity index (χ3v) is 7.52. The Balaban J connectivity index is 0.00000225. The minimum atomic E-state index is 0. The van der Waals surface area contributed by atoms with Gasteiger partial charge in [-0.1, -0.05) is 31.4 Å². The van der Waals surface area contributed by atoms with E-state index in [0.717, 1.165) is 44.3 Å².